The number of pyridine rings is 1. The molecule has 0 bridgehead atoms. The highest BCUT2D eigenvalue weighted by molar-refractivity contribution is 6.31. The first-order valence-corrected chi connectivity index (χ1v) is 8.36. The van der Waals surface area contributed by atoms with Gasteiger partial charge >= 0.3 is 0 Å². The van der Waals surface area contributed by atoms with Crippen LogP contribution in [0.4, 0.5) is 11.4 Å². The Morgan fingerprint density at radius 3 is 2.80 bits per heavy atom. The third kappa shape index (κ3) is 4.07. The van der Waals surface area contributed by atoms with E-state index in [2.05, 4.69) is 15.6 Å². The molecule has 3 N–H and O–H groups in total. The number of rotatable bonds is 6. The summed E-state index contributed by atoms with van der Waals surface area (Å²) in [5.74, 6) is -0.187. The Labute approximate surface area is 150 Å². The standard InChI is InChI=1S/C19H18ClN3O2/c20-13-6-7-16-15(12-13)18(8-10-21-16)23-17-5-2-1-4-14(17)19(25)22-9-3-11-24/h1-2,4-8,10,12,24H,3,9,11H2,(H,21,23)(H,22,25). The van der Waals surface area contributed by atoms with Crippen LogP contribution >= 0.6 is 11.6 Å². The maximum atomic E-state index is 12.4. The summed E-state index contributed by atoms with van der Waals surface area (Å²) < 4.78 is 0. The molecule has 0 saturated carbocycles. The molecule has 0 radical (unpaired) electrons. The Kier molecular flexibility index (Phi) is 5.48. The average Bonchev–Trinajstić information content (AvgIpc) is 2.63. The highest BCUT2D eigenvalue weighted by atomic mass is 35.5. The number of para-hydroxylation sites is 1. The Hall–Kier alpha value is -2.63. The van der Waals surface area contributed by atoms with E-state index >= 15 is 0 Å². The molecule has 25 heavy (non-hydrogen) atoms. The molecule has 1 amide bonds. The molecule has 0 aliphatic rings. The molecule has 5 nitrogen and oxygen atoms in total. The number of amides is 1. The van der Waals surface area contributed by atoms with Crippen molar-refractivity contribution in [2.75, 3.05) is 18.5 Å². The van der Waals surface area contributed by atoms with Gasteiger partial charge in [-0.15, -0.1) is 0 Å². The molecule has 0 saturated heterocycles. The van der Waals surface area contributed by atoms with Crippen molar-refractivity contribution in [3.63, 3.8) is 0 Å². The second kappa shape index (κ2) is 7.96. The Bertz CT molecular complexity index is 899. The minimum absolute atomic E-state index is 0.0456. The first-order valence-electron chi connectivity index (χ1n) is 7.98. The van der Waals surface area contributed by atoms with E-state index in [1.54, 1.807) is 18.3 Å². The van der Waals surface area contributed by atoms with Gasteiger partial charge in [-0.05, 0) is 42.8 Å². The number of nitrogens with zero attached hydrogens (tertiary/aromatic N) is 1. The van der Waals surface area contributed by atoms with Crippen LogP contribution in [0.3, 0.4) is 0 Å². The molecule has 6 heteroatoms. The molecule has 128 valence electrons. The molecule has 0 aliphatic carbocycles. The molecule has 1 heterocycles. The molecular weight excluding hydrogens is 338 g/mol. The zero-order valence-electron chi connectivity index (χ0n) is 13.5. The van der Waals surface area contributed by atoms with Crippen molar-refractivity contribution in [2.45, 2.75) is 6.42 Å². The number of halogens is 1. The highest BCUT2D eigenvalue weighted by Crippen LogP contribution is 2.28. The summed E-state index contributed by atoms with van der Waals surface area (Å²) in [5.41, 5.74) is 2.87. The van der Waals surface area contributed by atoms with Gasteiger partial charge in [0, 0.05) is 35.4 Å². The van der Waals surface area contributed by atoms with Gasteiger partial charge in [-0.2, -0.15) is 0 Å². The highest BCUT2D eigenvalue weighted by Gasteiger charge is 2.12. The van der Waals surface area contributed by atoms with Gasteiger partial charge in [-0.1, -0.05) is 23.7 Å². The summed E-state index contributed by atoms with van der Waals surface area (Å²) in [6.45, 7) is 0.474. The van der Waals surface area contributed by atoms with Crippen LogP contribution in [0, 0.1) is 0 Å². The molecule has 0 aliphatic heterocycles. The van der Waals surface area contributed by atoms with Crippen molar-refractivity contribution in [3.05, 3.63) is 65.3 Å². The van der Waals surface area contributed by atoms with Crippen LogP contribution in [0.5, 0.6) is 0 Å². The Morgan fingerprint density at radius 2 is 1.96 bits per heavy atom. The lowest BCUT2D eigenvalue weighted by atomic mass is 10.1. The van der Waals surface area contributed by atoms with Crippen molar-refractivity contribution < 1.29 is 9.90 Å². The number of benzene rings is 2. The quantitative estimate of drug-likeness (QED) is 0.589. The predicted molar refractivity (Wildman–Crippen MR) is 101 cm³/mol. The fraction of sp³-hybridized carbons (Fsp3) is 0.158. The maximum absolute atomic E-state index is 12.4. The average molecular weight is 356 g/mol. The van der Waals surface area contributed by atoms with Gasteiger partial charge in [0.25, 0.3) is 5.91 Å². The van der Waals surface area contributed by atoms with Crippen LogP contribution in [-0.2, 0) is 0 Å². The topological polar surface area (TPSA) is 74.2 Å². The summed E-state index contributed by atoms with van der Waals surface area (Å²) >= 11 is 6.11. The summed E-state index contributed by atoms with van der Waals surface area (Å²) in [6.07, 6.45) is 2.23. The van der Waals surface area contributed by atoms with Crippen molar-refractivity contribution >= 4 is 39.8 Å². The minimum atomic E-state index is -0.187. The lowest BCUT2D eigenvalue weighted by Gasteiger charge is -2.14. The summed E-state index contributed by atoms with van der Waals surface area (Å²) in [7, 11) is 0. The van der Waals surface area contributed by atoms with Gasteiger partial charge in [0.15, 0.2) is 0 Å². The largest absolute Gasteiger partial charge is 0.396 e. The monoisotopic (exact) mass is 355 g/mol. The second-order valence-corrected chi connectivity index (χ2v) is 5.96. The van der Waals surface area contributed by atoms with Crippen molar-refractivity contribution in [3.8, 4) is 0 Å². The van der Waals surface area contributed by atoms with Gasteiger partial charge in [0.05, 0.1) is 16.8 Å². The molecule has 3 rings (SSSR count). The van der Waals surface area contributed by atoms with E-state index in [1.165, 1.54) is 0 Å². The van der Waals surface area contributed by atoms with Gasteiger partial charge in [-0.25, -0.2) is 0 Å². The van der Waals surface area contributed by atoms with Crippen LogP contribution in [0.2, 0.25) is 5.02 Å². The number of anilines is 2. The van der Waals surface area contributed by atoms with Crippen LogP contribution in [0.25, 0.3) is 10.9 Å². The first-order chi connectivity index (χ1) is 12.2. The predicted octanol–water partition coefficient (Wildman–Crippen LogP) is 3.74. The second-order valence-electron chi connectivity index (χ2n) is 5.52. The summed E-state index contributed by atoms with van der Waals surface area (Å²) in [5, 5.41) is 16.5. The van der Waals surface area contributed by atoms with Crippen LogP contribution in [0.15, 0.2) is 54.7 Å². The number of nitrogens with one attached hydrogen (secondary N) is 2. The van der Waals surface area contributed by atoms with E-state index in [9.17, 15) is 4.79 Å². The molecule has 3 aromatic rings. The fourth-order valence-corrected chi connectivity index (χ4v) is 2.71. The van der Waals surface area contributed by atoms with Crippen LogP contribution in [-0.4, -0.2) is 29.1 Å². The number of hydrogen-bond donors (Lipinski definition) is 3. The summed E-state index contributed by atoms with van der Waals surface area (Å²) in [4.78, 5) is 16.7. The van der Waals surface area contributed by atoms with Crippen LogP contribution < -0.4 is 10.6 Å². The molecule has 0 spiro atoms. The smallest absolute Gasteiger partial charge is 0.253 e. The van der Waals surface area contributed by atoms with E-state index in [4.69, 9.17) is 16.7 Å². The Morgan fingerprint density at radius 1 is 1.12 bits per heavy atom. The number of aliphatic hydroxyl groups excluding tert-OH is 1. The van der Waals surface area contributed by atoms with E-state index < -0.39 is 0 Å². The van der Waals surface area contributed by atoms with Crippen LogP contribution in [0.1, 0.15) is 16.8 Å². The van der Waals surface area contributed by atoms with Gasteiger partial charge in [0.2, 0.25) is 0 Å². The van der Waals surface area contributed by atoms with E-state index in [0.717, 1.165) is 16.6 Å². The minimum Gasteiger partial charge on any atom is -0.396 e. The number of aromatic nitrogens is 1. The van der Waals surface area contributed by atoms with E-state index in [0.29, 0.717) is 29.2 Å². The Balaban J connectivity index is 1.91. The number of carbonyl (C=O) groups is 1. The molecule has 0 fully saturated rings. The lowest BCUT2D eigenvalue weighted by molar-refractivity contribution is 0.0952. The number of fused-ring (bicyclic) bond motifs is 1. The number of aliphatic hydroxyl groups is 1. The molecular formula is C19H18ClN3O2. The molecule has 1 aromatic heterocycles. The lowest BCUT2D eigenvalue weighted by Crippen LogP contribution is -2.25. The third-order valence-electron chi connectivity index (χ3n) is 3.77. The zero-order chi connectivity index (χ0) is 17.6. The molecule has 2 aromatic carbocycles. The number of hydrogen-bond acceptors (Lipinski definition) is 4. The van der Waals surface area contributed by atoms with Crippen molar-refractivity contribution in [1.82, 2.24) is 10.3 Å². The molecule has 0 unspecified atom stereocenters. The SMILES string of the molecule is O=C(NCCCO)c1ccccc1Nc1ccnc2ccc(Cl)cc12. The van der Waals surface area contributed by atoms with E-state index in [1.807, 2.05) is 36.4 Å². The van der Waals surface area contributed by atoms with Gasteiger partial charge in [0.1, 0.15) is 0 Å². The van der Waals surface area contributed by atoms with Crippen molar-refractivity contribution in [1.29, 1.82) is 0 Å². The van der Waals surface area contributed by atoms with E-state index in [-0.39, 0.29) is 12.5 Å². The third-order valence-corrected chi connectivity index (χ3v) is 4.00. The molecule has 0 atom stereocenters. The normalized spacial score (nSPS) is 10.6. The zero-order valence-corrected chi connectivity index (χ0v) is 14.3. The number of carbonyl (C=O) groups excluding carboxylic acids is 1. The van der Waals surface area contributed by atoms with Crippen molar-refractivity contribution in [2.24, 2.45) is 0 Å². The summed E-state index contributed by atoms with van der Waals surface area (Å²) in [6, 6.07) is 14.6. The van der Waals surface area contributed by atoms with Gasteiger partial charge < -0.3 is 15.7 Å². The fourth-order valence-electron chi connectivity index (χ4n) is 2.54. The maximum Gasteiger partial charge on any atom is 0.253 e. The first kappa shape index (κ1) is 17.2. The van der Waals surface area contributed by atoms with Gasteiger partial charge in [-0.3, -0.25) is 9.78 Å².